The van der Waals surface area contributed by atoms with Crippen molar-refractivity contribution in [2.45, 2.75) is 25.8 Å². The third-order valence-corrected chi connectivity index (χ3v) is 3.75. The van der Waals surface area contributed by atoms with Crippen LogP contribution in [0.1, 0.15) is 24.2 Å². The zero-order valence-corrected chi connectivity index (χ0v) is 13.8. The van der Waals surface area contributed by atoms with Gasteiger partial charge in [0.2, 0.25) is 11.8 Å². The van der Waals surface area contributed by atoms with Gasteiger partial charge in [-0.15, -0.1) is 15.3 Å². The normalized spacial score (nSPS) is 10.8. The van der Waals surface area contributed by atoms with Gasteiger partial charge >= 0.3 is 0 Å². The van der Waals surface area contributed by atoms with Crippen LogP contribution in [0.3, 0.4) is 0 Å². The van der Waals surface area contributed by atoms with Crippen molar-refractivity contribution in [2.24, 2.45) is 0 Å². The van der Waals surface area contributed by atoms with Crippen molar-refractivity contribution < 1.29 is 13.9 Å². The van der Waals surface area contributed by atoms with Crippen LogP contribution in [0.15, 0.2) is 36.4 Å². The number of benzene rings is 1. The Morgan fingerprint density at radius 1 is 1.24 bits per heavy atom. The fraction of sp³-hybridized carbons (Fsp3) is 0.294. The van der Waals surface area contributed by atoms with Crippen LogP contribution >= 0.6 is 0 Å². The van der Waals surface area contributed by atoms with Crippen LogP contribution in [0.2, 0.25) is 0 Å². The fourth-order valence-electron chi connectivity index (χ4n) is 2.41. The van der Waals surface area contributed by atoms with E-state index in [2.05, 4.69) is 20.6 Å². The zero-order chi connectivity index (χ0) is 17.6. The van der Waals surface area contributed by atoms with Gasteiger partial charge in [0.05, 0.1) is 7.11 Å². The van der Waals surface area contributed by atoms with E-state index in [1.165, 1.54) is 13.2 Å². The summed E-state index contributed by atoms with van der Waals surface area (Å²) in [4.78, 5) is 11.9. The molecule has 0 aliphatic rings. The SMILES string of the molecule is COc1ccc2nnc(CCCC(=O)NCc3ccccc3F)n2n1. The number of hydrogen-bond donors (Lipinski definition) is 1. The fourth-order valence-corrected chi connectivity index (χ4v) is 2.41. The number of carbonyl (C=O) groups excluding carboxylic acids is 1. The number of hydrogen-bond acceptors (Lipinski definition) is 5. The van der Waals surface area contributed by atoms with Crippen LogP contribution in [-0.2, 0) is 17.8 Å². The molecule has 0 fully saturated rings. The zero-order valence-electron chi connectivity index (χ0n) is 13.8. The molecule has 0 atom stereocenters. The van der Waals surface area contributed by atoms with E-state index in [-0.39, 0.29) is 18.3 Å². The highest BCUT2D eigenvalue weighted by Gasteiger charge is 2.10. The Hall–Kier alpha value is -3.03. The molecule has 2 heterocycles. The molecule has 1 aromatic carbocycles. The third kappa shape index (κ3) is 4.09. The minimum Gasteiger partial charge on any atom is -0.480 e. The molecule has 7 nitrogen and oxygen atoms in total. The topological polar surface area (TPSA) is 81.4 Å². The summed E-state index contributed by atoms with van der Waals surface area (Å²) in [7, 11) is 1.54. The summed E-state index contributed by atoms with van der Waals surface area (Å²) in [6.45, 7) is 0.179. The first-order valence-corrected chi connectivity index (χ1v) is 7.93. The number of rotatable bonds is 7. The molecular weight excluding hydrogens is 325 g/mol. The predicted octanol–water partition coefficient (Wildman–Crippen LogP) is 1.91. The van der Waals surface area contributed by atoms with Gasteiger partial charge in [0.25, 0.3) is 0 Å². The number of nitrogens with zero attached hydrogens (tertiary/aromatic N) is 4. The van der Waals surface area contributed by atoms with Crippen LogP contribution in [0, 0.1) is 5.82 Å². The molecule has 3 aromatic rings. The Balaban J connectivity index is 1.51. The quantitative estimate of drug-likeness (QED) is 0.709. The molecule has 0 saturated heterocycles. The highest BCUT2D eigenvalue weighted by Crippen LogP contribution is 2.10. The second kappa shape index (κ2) is 7.69. The van der Waals surface area contributed by atoms with Gasteiger partial charge in [-0.1, -0.05) is 18.2 Å². The number of fused-ring (bicyclic) bond motifs is 1. The lowest BCUT2D eigenvalue weighted by Crippen LogP contribution is -2.23. The molecule has 0 aliphatic heterocycles. The lowest BCUT2D eigenvalue weighted by Gasteiger charge is -2.06. The van der Waals surface area contributed by atoms with E-state index in [0.29, 0.717) is 42.2 Å². The Bertz CT molecular complexity index is 880. The van der Waals surface area contributed by atoms with Gasteiger partial charge < -0.3 is 10.1 Å². The second-order valence-corrected chi connectivity index (χ2v) is 5.48. The molecule has 25 heavy (non-hydrogen) atoms. The Kier molecular flexibility index (Phi) is 5.17. The molecule has 2 aromatic heterocycles. The van der Waals surface area contributed by atoms with E-state index in [1.54, 1.807) is 34.8 Å². The maximum Gasteiger partial charge on any atom is 0.231 e. The van der Waals surface area contributed by atoms with Gasteiger partial charge in [-0.05, 0) is 18.6 Å². The molecular formula is C17H18FN5O2. The van der Waals surface area contributed by atoms with Crippen LogP contribution in [0.25, 0.3) is 5.65 Å². The number of halogens is 1. The minimum atomic E-state index is -0.322. The molecule has 0 unspecified atom stereocenters. The van der Waals surface area contributed by atoms with Gasteiger partial charge in [-0.25, -0.2) is 4.39 Å². The minimum absolute atomic E-state index is 0.136. The smallest absolute Gasteiger partial charge is 0.231 e. The van der Waals surface area contributed by atoms with Crippen molar-refractivity contribution in [1.82, 2.24) is 25.1 Å². The first-order chi connectivity index (χ1) is 12.2. The Morgan fingerprint density at radius 3 is 2.88 bits per heavy atom. The molecule has 1 N–H and O–H groups in total. The van der Waals surface area contributed by atoms with Crippen molar-refractivity contribution in [2.75, 3.05) is 7.11 Å². The largest absolute Gasteiger partial charge is 0.480 e. The van der Waals surface area contributed by atoms with E-state index in [4.69, 9.17) is 4.74 Å². The molecule has 0 radical (unpaired) electrons. The van der Waals surface area contributed by atoms with Gasteiger partial charge in [0.1, 0.15) is 5.82 Å². The number of amides is 1. The molecule has 3 rings (SSSR count). The Labute approximate surface area is 143 Å². The van der Waals surface area contributed by atoms with E-state index < -0.39 is 0 Å². The van der Waals surface area contributed by atoms with Crippen LogP contribution < -0.4 is 10.1 Å². The summed E-state index contributed by atoms with van der Waals surface area (Å²) < 4.78 is 20.2. The van der Waals surface area contributed by atoms with Crippen LogP contribution in [0.4, 0.5) is 4.39 Å². The van der Waals surface area contributed by atoms with Crippen molar-refractivity contribution in [3.05, 3.63) is 53.6 Å². The highest BCUT2D eigenvalue weighted by molar-refractivity contribution is 5.75. The number of aryl methyl sites for hydroxylation is 1. The van der Waals surface area contributed by atoms with Gasteiger partial charge in [-0.3, -0.25) is 4.79 Å². The number of nitrogens with one attached hydrogen (secondary N) is 1. The molecule has 8 heteroatoms. The van der Waals surface area contributed by atoms with Crippen LogP contribution in [-0.4, -0.2) is 32.8 Å². The lowest BCUT2D eigenvalue weighted by molar-refractivity contribution is -0.121. The molecule has 0 saturated carbocycles. The molecule has 1 amide bonds. The van der Waals surface area contributed by atoms with Crippen molar-refractivity contribution in [1.29, 1.82) is 0 Å². The monoisotopic (exact) mass is 343 g/mol. The number of ether oxygens (including phenoxy) is 1. The standard InChI is InChI=1S/C17H18FN5O2/c1-25-17-10-9-15-21-20-14(23(15)22-17)7-4-8-16(24)19-11-12-5-2-3-6-13(12)18/h2-3,5-6,9-10H,4,7-8,11H2,1H3,(H,19,24). The lowest BCUT2D eigenvalue weighted by atomic mass is 10.2. The summed E-state index contributed by atoms with van der Waals surface area (Å²) in [5.74, 6) is 0.673. The highest BCUT2D eigenvalue weighted by atomic mass is 19.1. The number of methoxy groups -OCH3 is 1. The van der Waals surface area contributed by atoms with Gasteiger partial charge in [0, 0.05) is 31.0 Å². The number of aromatic nitrogens is 4. The first kappa shape index (κ1) is 16.8. The summed E-state index contributed by atoms with van der Waals surface area (Å²) in [5, 5.41) is 15.1. The maximum absolute atomic E-state index is 13.5. The van der Waals surface area contributed by atoms with E-state index in [0.717, 1.165) is 0 Å². The van der Waals surface area contributed by atoms with Crippen molar-refractivity contribution >= 4 is 11.6 Å². The maximum atomic E-state index is 13.5. The van der Waals surface area contributed by atoms with Crippen molar-refractivity contribution in [3.8, 4) is 5.88 Å². The van der Waals surface area contributed by atoms with Crippen molar-refractivity contribution in [3.63, 3.8) is 0 Å². The average Bonchev–Trinajstić information content (AvgIpc) is 3.03. The van der Waals surface area contributed by atoms with Crippen LogP contribution in [0.5, 0.6) is 5.88 Å². The Morgan fingerprint density at radius 2 is 2.08 bits per heavy atom. The number of carbonyl (C=O) groups is 1. The van der Waals surface area contributed by atoms with Gasteiger partial charge in [-0.2, -0.15) is 4.52 Å². The first-order valence-electron chi connectivity index (χ1n) is 7.93. The summed E-state index contributed by atoms with van der Waals surface area (Å²) in [6.07, 6.45) is 1.45. The van der Waals surface area contributed by atoms with E-state index >= 15 is 0 Å². The van der Waals surface area contributed by atoms with E-state index in [1.807, 2.05) is 0 Å². The average molecular weight is 343 g/mol. The second-order valence-electron chi connectivity index (χ2n) is 5.48. The van der Waals surface area contributed by atoms with Gasteiger partial charge in [0.15, 0.2) is 11.5 Å². The summed E-state index contributed by atoms with van der Waals surface area (Å²) in [6, 6.07) is 9.86. The summed E-state index contributed by atoms with van der Waals surface area (Å²) in [5.41, 5.74) is 1.09. The molecule has 0 aliphatic carbocycles. The summed E-state index contributed by atoms with van der Waals surface area (Å²) >= 11 is 0. The molecule has 130 valence electrons. The molecule has 0 bridgehead atoms. The predicted molar refractivity (Wildman–Crippen MR) is 88.5 cm³/mol. The van der Waals surface area contributed by atoms with E-state index in [9.17, 15) is 9.18 Å². The third-order valence-electron chi connectivity index (χ3n) is 3.75. The molecule has 0 spiro atoms.